The molecule has 2 heterocycles. The lowest BCUT2D eigenvalue weighted by Gasteiger charge is -2.38. The Kier molecular flexibility index (Phi) is 4.58. The lowest BCUT2D eigenvalue weighted by Crippen LogP contribution is -2.53. The number of methoxy groups -OCH3 is 1. The number of hydrogen-bond donors (Lipinski definition) is 0. The number of halogens is 1. The first-order valence-electron chi connectivity index (χ1n) is 8.52. The monoisotopic (exact) mass is 353 g/mol. The second-order valence-electron chi connectivity index (χ2n) is 6.39. The molecule has 0 amide bonds. The fraction of sp³-hybridized carbons (Fsp3) is 0.250. The van der Waals surface area contributed by atoms with Gasteiger partial charge in [-0.25, -0.2) is 9.07 Å². The summed E-state index contributed by atoms with van der Waals surface area (Å²) >= 11 is 0. The van der Waals surface area contributed by atoms with Crippen molar-refractivity contribution in [3.63, 3.8) is 0 Å². The Labute approximate surface area is 151 Å². The van der Waals surface area contributed by atoms with Gasteiger partial charge in [0.15, 0.2) is 0 Å². The number of likely N-dealkylation sites (tertiary alicyclic amines) is 1. The van der Waals surface area contributed by atoms with Gasteiger partial charge in [-0.2, -0.15) is 5.10 Å². The molecule has 0 saturated carbocycles. The predicted octanol–water partition coefficient (Wildman–Crippen LogP) is 3.28. The van der Waals surface area contributed by atoms with Gasteiger partial charge >= 0.3 is 0 Å². The Hall–Kier alpha value is -2.86. The van der Waals surface area contributed by atoms with Crippen LogP contribution in [0.2, 0.25) is 0 Å². The van der Waals surface area contributed by atoms with E-state index in [0.29, 0.717) is 0 Å². The first kappa shape index (κ1) is 16.6. The highest BCUT2D eigenvalue weighted by atomic mass is 19.1. The first-order valence-corrected chi connectivity index (χ1v) is 8.52. The Morgan fingerprint density at radius 3 is 2.73 bits per heavy atom. The van der Waals surface area contributed by atoms with Gasteiger partial charge in [-0.05, 0) is 30.3 Å². The zero-order valence-corrected chi connectivity index (χ0v) is 14.5. The largest absolute Gasteiger partial charge is 0.497 e. The highest BCUT2D eigenvalue weighted by molar-refractivity contribution is 5.33. The molecule has 1 aromatic heterocycles. The zero-order valence-electron chi connectivity index (χ0n) is 14.5. The molecule has 0 radical (unpaired) electrons. The van der Waals surface area contributed by atoms with Crippen molar-refractivity contribution in [1.82, 2.24) is 14.7 Å². The molecular formula is C20H20FN3O2. The average molecular weight is 353 g/mol. The van der Waals surface area contributed by atoms with E-state index in [1.807, 2.05) is 42.7 Å². The third-order valence-electron chi connectivity index (χ3n) is 4.38. The van der Waals surface area contributed by atoms with Crippen molar-refractivity contribution in [1.29, 1.82) is 0 Å². The van der Waals surface area contributed by atoms with E-state index in [9.17, 15) is 4.39 Å². The molecule has 4 rings (SSSR count). The highest BCUT2D eigenvalue weighted by Crippen LogP contribution is 2.23. The van der Waals surface area contributed by atoms with Crippen molar-refractivity contribution in [3.8, 4) is 17.2 Å². The summed E-state index contributed by atoms with van der Waals surface area (Å²) in [7, 11) is 1.65. The van der Waals surface area contributed by atoms with Gasteiger partial charge in [-0.3, -0.25) is 4.90 Å². The lowest BCUT2D eigenvalue weighted by molar-refractivity contribution is 0.0145. The van der Waals surface area contributed by atoms with Crippen molar-refractivity contribution in [2.45, 2.75) is 12.6 Å². The molecule has 134 valence electrons. The fourth-order valence-electron chi connectivity index (χ4n) is 3.05. The second-order valence-corrected chi connectivity index (χ2v) is 6.39. The fourth-order valence-corrected chi connectivity index (χ4v) is 3.05. The van der Waals surface area contributed by atoms with Gasteiger partial charge < -0.3 is 9.47 Å². The molecule has 1 fully saturated rings. The number of benzene rings is 2. The summed E-state index contributed by atoms with van der Waals surface area (Å²) in [5.41, 5.74) is 1.81. The Morgan fingerprint density at radius 1 is 1.12 bits per heavy atom. The number of nitrogens with zero attached hydrogens (tertiary/aromatic N) is 3. The topological polar surface area (TPSA) is 39.5 Å². The van der Waals surface area contributed by atoms with E-state index >= 15 is 0 Å². The Morgan fingerprint density at radius 2 is 1.92 bits per heavy atom. The van der Waals surface area contributed by atoms with Crippen molar-refractivity contribution < 1.29 is 13.9 Å². The lowest BCUT2D eigenvalue weighted by atomic mass is 10.1. The molecule has 5 nitrogen and oxygen atoms in total. The molecule has 2 aromatic carbocycles. The van der Waals surface area contributed by atoms with E-state index in [2.05, 4.69) is 10.00 Å². The minimum absolute atomic E-state index is 0.181. The van der Waals surface area contributed by atoms with E-state index in [0.717, 1.165) is 42.4 Å². The molecule has 1 aliphatic rings. The van der Waals surface area contributed by atoms with Crippen molar-refractivity contribution in [2.75, 3.05) is 20.2 Å². The number of ether oxygens (including phenoxy) is 2. The zero-order chi connectivity index (χ0) is 17.9. The molecule has 1 aliphatic heterocycles. The van der Waals surface area contributed by atoms with Crippen LogP contribution in [0.3, 0.4) is 0 Å². The van der Waals surface area contributed by atoms with Crippen LogP contribution in [-0.2, 0) is 6.54 Å². The van der Waals surface area contributed by atoms with Crippen LogP contribution in [0.4, 0.5) is 4.39 Å². The van der Waals surface area contributed by atoms with Crippen LogP contribution in [-0.4, -0.2) is 41.0 Å². The summed E-state index contributed by atoms with van der Waals surface area (Å²) in [5.74, 6) is 1.36. The molecule has 0 bridgehead atoms. The molecule has 0 atom stereocenters. The summed E-state index contributed by atoms with van der Waals surface area (Å²) in [5, 5.41) is 4.32. The molecule has 0 aliphatic carbocycles. The van der Waals surface area contributed by atoms with Crippen LogP contribution in [0.5, 0.6) is 11.5 Å². The maximum atomic E-state index is 13.3. The maximum Gasteiger partial charge on any atom is 0.125 e. The Balaban J connectivity index is 1.30. The molecule has 6 heteroatoms. The van der Waals surface area contributed by atoms with E-state index < -0.39 is 0 Å². The minimum Gasteiger partial charge on any atom is -0.497 e. The Bertz CT molecular complexity index is 890. The van der Waals surface area contributed by atoms with Crippen molar-refractivity contribution in [3.05, 3.63) is 72.3 Å². The summed E-state index contributed by atoms with van der Waals surface area (Å²) in [6, 6.07) is 14.1. The third-order valence-corrected chi connectivity index (χ3v) is 4.38. The first-order chi connectivity index (χ1) is 12.7. The molecule has 26 heavy (non-hydrogen) atoms. The number of hydrogen-bond acceptors (Lipinski definition) is 4. The van der Waals surface area contributed by atoms with Gasteiger partial charge in [0.1, 0.15) is 23.4 Å². The van der Waals surface area contributed by atoms with Crippen LogP contribution in [0.1, 0.15) is 5.56 Å². The highest BCUT2D eigenvalue weighted by Gasteiger charge is 2.28. The molecule has 3 aromatic rings. The van der Waals surface area contributed by atoms with Gasteiger partial charge in [-0.1, -0.05) is 12.1 Å². The minimum atomic E-state index is -0.264. The van der Waals surface area contributed by atoms with Crippen LogP contribution in [0, 0.1) is 5.82 Å². The van der Waals surface area contributed by atoms with Crippen molar-refractivity contribution in [2.24, 2.45) is 0 Å². The quantitative estimate of drug-likeness (QED) is 0.682. The SMILES string of the molecule is COc1cccc(OC2CN(Cc3cnn(-c4cccc(F)c4)c3)C2)c1. The average Bonchev–Trinajstić information content (AvgIpc) is 3.09. The molecule has 1 saturated heterocycles. The molecular weight excluding hydrogens is 333 g/mol. The van der Waals surface area contributed by atoms with Crippen LogP contribution >= 0.6 is 0 Å². The molecule has 0 N–H and O–H groups in total. The van der Waals surface area contributed by atoms with Gasteiger partial charge in [-0.15, -0.1) is 0 Å². The third kappa shape index (κ3) is 3.70. The van der Waals surface area contributed by atoms with Gasteiger partial charge in [0.05, 0.1) is 19.0 Å². The smallest absolute Gasteiger partial charge is 0.125 e. The summed E-state index contributed by atoms with van der Waals surface area (Å²) in [6.45, 7) is 2.53. The van der Waals surface area contributed by atoms with E-state index in [1.54, 1.807) is 17.9 Å². The molecule has 0 spiro atoms. The maximum absolute atomic E-state index is 13.3. The summed E-state index contributed by atoms with van der Waals surface area (Å²) in [4.78, 5) is 2.29. The second kappa shape index (κ2) is 7.17. The van der Waals surface area contributed by atoms with E-state index in [4.69, 9.17) is 9.47 Å². The van der Waals surface area contributed by atoms with Crippen LogP contribution < -0.4 is 9.47 Å². The van der Waals surface area contributed by atoms with Crippen molar-refractivity contribution >= 4 is 0 Å². The van der Waals surface area contributed by atoms with Gasteiger partial charge in [0, 0.05) is 37.5 Å². The summed E-state index contributed by atoms with van der Waals surface area (Å²) < 4.78 is 26.2. The number of aromatic nitrogens is 2. The van der Waals surface area contributed by atoms with Crippen LogP contribution in [0.15, 0.2) is 60.9 Å². The summed E-state index contributed by atoms with van der Waals surface area (Å²) in [6.07, 6.45) is 3.94. The standard InChI is InChI=1S/C20H20FN3O2/c1-25-18-6-3-7-19(9-18)26-20-13-23(14-20)11-15-10-22-24(12-15)17-5-2-4-16(21)8-17/h2-10,12,20H,11,13-14H2,1H3. The molecule has 0 unspecified atom stereocenters. The number of rotatable bonds is 6. The van der Waals surface area contributed by atoms with Gasteiger partial charge in [0.2, 0.25) is 0 Å². The normalized spacial score (nSPS) is 14.8. The van der Waals surface area contributed by atoms with E-state index in [1.165, 1.54) is 12.1 Å². The van der Waals surface area contributed by atoms with Gasteiger partial charge in [0.25, 0.3) is 0 Å². The van der Waals surface area contributed by atoms with Crippen LogP contribution in [0.25, 0.3) is 5.69 Å². The predicted molar refractivity (Wildman–Crippen MR) is 96.2 cm³/mol. The van der Waals surface area contributed by atoms with E-state index in [-0.39, 0.29) is 11.9 Å².